The van der Waals surface area contributed by atoms with Crippen molar-refractivity contribution in [3.63, 3.8) is 0 Å². The van der Waals surface area contributed by atoms with E-state index in [-0.39, 0.29) is 10.9 Å². The quantitative estimate of drug-likeness (QED) is 0.249. The molecule has 5 heterocycles. The molecule has 1 saturated heterocycles. The zero-order chi connectivity index (χ0) is 30.4. The van der Waals surface area contributed by atoms with E-state index < -0.39 is 10.0 Å². The maximum atomic E-state index is 13.5. The van der Waals surface area contributed by atoms with Crippen LogP contribution < -0.4 is 4.90 Å². The number of likely N-dealkylation sites (N-methyl/N-ethyl adjacent to an activating group) is 1. The Balaban J connectivity index is 1.22. The fraction of sp³-hybridized carbons (Fsp3) is 0.273. The van der Waals surface area contributed by atoms with Crippen molar-refractivity contribution in [3.05, 3.63) is 103 Å². The number of aryl methyl sites for hydroxylation is 1. The van der Waals surface area contributed by atoms with Crippen LogP contribution in [-0.2, 0) is 16.6 Å². The van der Waals surface area contributed by atoms with E-state index in [0.717, 1.165) is 42.8 Å². The molecule has 2 atom stereocenters. The van der Waals surface area contributed by atoms with Crippen molar-refractivity contribution in [2.75, 3.05) is 25.0 Å². The van der Waals surface area contributed by atoms with Crippen LogP contribution in [0.5, 0.6) is 0 Å². The average Bonchev–Trinajstić information content (AvgIpc) is 3.68. The summed E-state index contributed by atoms with van der Waals surface area (Å²) >= 11 is 0. The van der Waals surface area contributed by atoms with Crippen molar-refractivity contribution < 1.29 is 8.42 Å². The highest BCUT2D eigenvalue weighted by Gasteiger charge is 2.31. The number of fused-ring (bicyclic) bond motifs is 2. The van der Waals surface area contributed by atoms with Crippen LogP contribution in [0.15, 0.2) is 96.7 Å². The van der Waals surface area contributed by atoms with Gasteiger partial charge in [0.05, 0.1) is 15.7 Å². The SMILES string of the molecule is Cc1ccc(S(=O)(=O)n2ccc3c(-n4ccc5c(N(C)[C@H]6CN(Cc7ccccc7)CC[C@H]6C)ncnc54)ncnc32)cc1. The third kappa shape index (κ3) is 4.91. The van der Waals surface area contributed by atoms with Gasteiger partial charge >= 0.3 is 0 Å². The summed E-state index contributed by atoms with van der Waals surface area (Å²) in [5.74, 6) is 1.91. The lowest BCUT2D eigenvalue weighted by atomic mass is 9.92. The summed E-state index contributed by atoms with van der Waals surface area (Å²) < 4.78 is 30.1. The predicted molar refractivity (Wildman–Crippen MR) is 171 cm³/mol. The molecule has 0 unspecified atom stereocenters. The van der Waals surface area contributed by atoms with Gasteiger partial charge in [0.1, 0.15) is 18.5 Å². The van der Waals surface area contributed by atoms with Gasteiger partial charge in [-0.2, -0.15) is 0 Å². The first-order valence-electron chi connectivity index (χ1n) is 14.8. The van der Waals surface area contributed by atoms with Gasteiger partial charge in [0, 0.05) is 38.6 Å². The Labute approximate surface area is 256 Å². The normalized spacial score (nSPS) is 17.8. The average molecular weight is 607 g/mol. The van der Waals surface area contributed by atoms with Gasteiger partial charge in [-0.3, -0.25) is 9.47 Å². The third-order valence-corrected chi connectivity index (χ3v) is 10.5. The van der Waals surface area contributed by atoms with Crippen LogP contribution in [0.1, 0.15) is 24.5 Å². The summed E-state index contributed by atoms with van der Waals surface area (Å²) in [6.45, 7) is 7.17. The Hall–Kier alpha value is -4.61. The van der Waals surface area contributed by atoms with Gasteiger partial charge in [-0.05, 0) is 55.6 Å². The van der Waals surface area contributed by atoms with Crippen LogP contribution in [-0.4, -0.2) is 68.0 Å². The van der Waals surface area contributed by atoms with Gasteiger partial charge in [0.25, 0.3) is 10.0 Å². The molecule has 10 nitrogen and oxygen atoms in total. The summed E-state index contributed by atoms with van der Waals surface area (Å²) in [6.07, 6.45) is 7.54. The molecule has 44 heavy (non-hydrogen) atoms. The largest absolute Gasteiger partial charge is 0.354 e. The number of rotatable bonds is 7. The van der Waals surface area contributed by atoms with Gasteiger partial charge < -0.3 is 4.90 Å². The first-order chi connectivity index (χ1) is 21.3. The first-order valence-corrected chi connectivity index (χ1v) is 16.2. The molecular formula is C33H34N8O2S. The van der Waals surface area contributed by atoms with E-state index in [1.54, 1.807) is 36.7 Å². The standard InChI is InChI=1S/C33H34N8O2S/c1-23-9-11-26(12-10-23)44(42,43)41-18-15-28-32(36-22-37-33(28)41)40-17-14-27-30(34-21-35-31(27)40)38(3)29-20-39(16-13-24(29)2)19-25-7-5-4-6-8-25/h4-12,14-15,17-18,21-22,24,29H,13,16,19-20H2,1-3H3/t24-,29+/m1/s1. The fourth-order valence-electron chi connectivity index (χ4n) is 6.28. The second kappa shape index (κ2) is 11.1. The lowest BCUT2D eigenvalue weighted by molar-refractivity contribution is 0.159. The summed E-state index contributed by atoms with van der Waals surface area (Å²) in [7, 11) is -1.73. The van der Waals surface area contributed by atoms with Gasteiger partial charge in [-0.25, -0.2) is 32.3 Å². The molecule has 6 aromatic rings. The highest BCUT2D eigenvalue weighted by molar-refractivity contribution is 7.90. The summed E-state index contributed by atoms with van der Waals surface area (Å²) in [6, 6.07) is 21.4. The zero-order valence-corrected chi connectivity index (χ0v) is 25.8. The lowest BCUT2D eigenvalue weighted by Crippen LogP contribution is -2.50. The van der Waals surface area contributed by atoms with E-state index in [1.807, 2.05) is 23.8 Å². The third-order valence-electron chi connectivity index (χ3n) is 8.78. The molecule has 1 aliphatic rings. The monoisotopic (exact) mass is 606 g/mol. The number of nitrogens with zero attached hydrogens (tertiary/aromatic N) is 8. The van der Waals surface area contributed by atoms with E-state index in [0.29, 0.717) is 28.4 Å². The number of hydrogen-bond donors (Lipinski definition) is 0. The molecular weight excluding hydrogens is 572 g/mol. The van der Waals surface area contributed by atoms with Crippen molar-refractivity contribution in [2.24, 2.45) is 5.92 Å². The van der Waals surface area contributed by atoms with Crippen LogP contribution in [0.4, 0.5) is 5.82 Å². The molecule has 1 aliphatic heterocycles. The van der Waals surface area contributed by atoms with Gasteiger partial charge in [-0.1, -0.05) is 55.0 Å². The van der Waals surface area contributed by atoms with Gasteiger partial charge in [0.15, 0.2) is 17.1 Å². The molecule has 0 aliphatic carbocycles. The smallest absolute Gasteiger partial charge is 0.269 e. The zero-order valence-electron chi connectivity index (χ0n) is 24.9. The molecule has 0 N–H and O–H groups in total. The number of benzene rings is 2. The molecule has 224 valence electrons. The Morgan fingerprint density at radius 2 is 1.59 bits per heavy atom. The molecule has 0 saturated carbocycles. The van der Waals surface area contributed by atoms with Crippen molar-refractivity contribution in [2.45, 2.75) is 37.8 Å². The minimum atomic E-state index is -3.85. The van der Waals surface area contributed by atoms with Crippen molar-refractivity contribution in [1.82, 2.24) is 33.4 Å². The predicted octanol–water partition coefficient (Wildman–Crippen LogP) is 5.06. The highest BCUT2D eigenvalue weighted by Crippen LogP contribution is 2.32. The molecule has 2 aromatic carbocycles. The highest BCUT2D eigenvalue weighted by atomic mass is 32.2. The Morgan fingerprint density at radius 1 is 0.864 bits per heavy atom. The summed E-state index contributed by atoms with van der Waals surface area (Å²) in [5, 5.41) is 1.51. The molecule has 0 radical (unpaired) electrons. The van der Waals surface area contributed by atoms with Gasteiger partial charge in [0.2, 0.25) is 0 Å². The van der Waals surface area contributed by atoms with Crippen molar-refractivity contribution in [1.29, 1.82) is 0 Å². The summed E-state index contributed by atoms with van der Waals surface area (Å²) in [4.78, 5) is 23.3. The molecule has 0 spiro atoms. The molecule has 11 heteroatoms. The van der Waals surface area contributed by atoms with Crippen LogP contribution in [0.2, 0.25) is 0 Å². The van der Waals surface area contributed by atoms with Crippen LogP contribution in [0.25, 0.3) is 27.9 Å². The number of likely N-dealkylation sites (tertiary alicyclic amines) is 1. The minimum Gasteiger partial charge on any atom is -0.354 e. The number of aromatic nitrogens is 6. The molecule has 4 aromatic heterocycles. The van der Waals surface area contributed by atoms with E-state index in [1.165, 1.54) is 22.1 Å². The topological polar surface area (TPSA) is 102 Å². The van der Waals surface area contributed by atoms with E-state index in [2.05, 4.69) is 69.1 Å². The Morgan fingerprint density at radius 3 is 2.39 bits per heavy atom. The number of hydrogen-bond acceptors (Lipinski definition) is 8. The minimum absolute atomic E-state index is 0.201. The van der Waals surface area contributed by atoms with Gasteiger partial charge in [-0.15, -0.1) is 0 Å². The maximum Gasteiger partial charge on any atom is 0.269 e. The lowest BCUT2D eigenvalue weighted by Gasteiger charge is -2.42. The van der Waals surface area contributed by atoms with Crippen molar-refractivity contribution in [3.8, 4) is 5.82 Å². The second-order valence-electron chi connectivity index (χ2n) is 11.6. The summed E-state index contributed by atoms with van der Waals surface area (Å²) in [5.41, 5.74) is 3.31. The molecule has 0 bridgehead atoms. The first kappa shape index (κ1) is 28.2. The number of piperidine rings is 1. The number of anilines is 1. The van der Waals surface area contributed by atoms with E-state index in [4.69, 9.17) is 4.98 Å². The molecule has 7 rings (SSSR count). The molecule has 0 amide bonds. The fourth-order valence-corrected chi connectivity index (χ4v) is 7.58. The molecule has 1 fully saturated rings. The van der Waals surface area contributed by atoms with Crippen LogP contribution in [0, 0.1) is 12.8 Å². The maximum absolute atomic E-state index is 13.5. The van der Waals surface area contributed by atoms with Crippen LogP contribution in [0.3, 0.4) is 0 Å². The Bertz CT molecular complexity index is 2050. The van der Waals surface area contributed by atoms with E-state index >= 15 is 0 Å². The second-order valence-corrected chi connectivity index (χ2v) is 13.5. The van der Waals surface area contributed by atoms with Crippen molar-refractivity contribution >= 4 is 37.9 Å². The Kier molecular flexibility index (Phi) is 7.14. The van der Waals surface area contributed by atoms with Crippen LogP contribution >= 0.6 is 0 Å². The van der Waals surface area contributed by atoms with E-state index in [9.17, 15) is 8.42 Å².